The van der Waals surface area contributed by atoms with E-state index in [1.807, 2.05) is 42.5 Å². The topological polar surface area (TPSA) is 60.7 Å². The molecule has 5 nitrogen and oxygen atoms in total. The zero-order valence-corrected chi connectivity index (χ0v) is 17.1. The molecule has 1 heterocycles. The molecule has 152 valence electrons. The molecule has 0 N–H and O–H groups in total. The van der Waals surface area contributed by atoms with Crippen LogP contribution in [0.1, 0.15) is 12.5 Å². The second kappa shape index (κ2) is 8.59. The largest absolute Gasteiger partial charge is 0.465 e. The molecule has 30 heavy (non-hydrogen) atoms. The van der Waals surface area contributed by atoms with Gasteiger partial charge in [-0.3, -0.25) is 9.59 Å². The van der Waals surface area contributed by atoms with Gasteiger partial charge in [0.15, 0.2) is 4.80 Å². The van der Waals surface area contributed by atoms with E-state index < -0.39 is 5.97 Å². The maximum Gasteiger partial charge on any atom is 0.326 e. The van der Waals surface area contributed by atoms with Crippen LogP contribution in [-0.4, -0.2) is 23.1 Å². The number of nitrogens with zero attached hydrogens (tertiary/aromatic N) is 2. The molecule has 3 aromatic carbocycles. The fourth-order valence-corrected chi connectivity index (χ4v) is 4.45. The van der Waals surface area contributed by atoms with Gasteiger partial charge in [-0.2, -0.15) is 4.99 Å². The van der Waals surface area contributed by atoms with Crippen molar-refractivity contribution in [2.75, 3.05) is 6.61 Å². The second-order valence-corrected chi connectivity index (χ2v) is 7.72. The molecule has 4 aromatic rings. The highest BCUT2D eigenvalue weighted by Gasteiger charge is 2.13. The molecule has 1 aromatic heterocycles. The lowest BCUT2D eigenvalue weighted by molar-refractivity contribution is -0.143. The van der Waals surface area contributed by atoms with Gasteiger partial charge in [-0.25, -0.2) is 4.39 Å². The number of aromatic nitrogens is 1. The lowest BCUT2D eigenvalue weighted by Crippen LogP contribution is -2.23. The lowest BCUT2D eigenvalue weighted by Gasteiger charge is -2.06. The van der Waals surface area contributed by atoms with Crippen molar-refractivity contribution in [2.24, 2.45) is 4.99 Å². The van der Waals surface area contributed by atoms with E-state index in [2.05, 4.69) is 4.99 Å². The van der Waals surface area contributed by atoms with E-state index in [0.29, 0.717) is 15.0 Å². The maximum absolute atomic E-state index is 13.7. The van der Waals surface area contributed by atoms with Crippen LogP contribution in [0.2, 0.25) is 0 Å². The number of benzene rings is 3. The summed E-state index contributed by atoms with van der Waals surface area (Å²) in [5.41, 5.74) is 1.51. The maximum atomic E-state index is 13.7. The highest BCUT2D eigenvalue weighted by Crippen LogP contribution is 2.20. The van der Waals surface area contributed by atoms with Gasteiger partial charge in [0.1, 0.15) is 12.4 Å². The van der Waals surface area contributed by atoms with Crippen LogP contribution in [0.4, 0.5) is 4.39 Å². The van der Waals surface area contributed by atoms with Gasteiger partial charge in [-0.15, -0.1) is 0 Å². The Hall–Kier alpha value is -3.32. The predicted molar refractivity (Wildman–Crippen MR) is 115 cm³/mol. The first-order valence-corrected chi connectivity index (χ1v) is 10.4. The zero-order chi connectivity index (χ0) is 21.1. The monoisotopic (exact) mass is 422 g/mol. The zero-order valence-electron chi connectivity index (χ0n) is 16.3. The summed E-state index contributed by atoms with van der Waals surface area (Å²) in [7, 11) is 0. The average Bonchev–Trinajstić information content (AvgIpc) is 3.04. The van der Waals surface area contributed by atoms with Crippen LogP contribution >= 0.6 is 11.3 Å². The SMILES string of the molecule is CCOC(=O)Cn1c(=NC(=O)Cc2cccc3ccccc23)sc2cc(F)ccc21. The van der Waals surface area contributed by atoms with Crippen LogP contribution < -0.4 is 4.80 Å². The van der Waals surface area contributed by atoms with Crippen LogP contribution in [0.25, 0.3) is 21.0 Å². The van der Waals surface area contributed by atoms with E-state index in [9.17, 15) is 14.0 Å². The number of rotatable bonds is 5. The van der Waals surface area contributed by atoms with Gasteiger partial charge in [0.2, 0.25) is 0 Å². The molecule has 0 bridgehead atoms. The first kappa shape index (κ1) is 20.0. The van der Waals surface area contributed by atoms with Crippen molar-refractivity contribution >= 4 is 44.2 Å². The van der Waals surface area contributed by atoms with Crippen LogP contribution in [0, 0.1) is 5.82 Å². The van der Waals surface area contributed by atoms with Crippen molar-refractivity contribution in [1.29, 1.82) is 0 Å². The minimum atomic E-state index is -0.440. The van der Waals surface area contributed by atoms with Crippen LogP contribution in [0.5, 0.6) is 0 Å². The predicted octanol–water partition coefficient (Wildman–Crippen LogP) is 4.23. The molecule has 0 radical (unpaired) electrons. The summed E-state index contributed by atoms with van der Waals surface area (Å²) in [5.74, 6) is -1.17. The minimum Gasteiger partial charge on any atom is -0.465 e. The van der Waals surface area contributed by atoms with Gasteiger partial charge in [-0.1, -0.05) is 53.8 Å². The number of amides is 1. The van der Waals surface area contributed by atoms with Gasteiger partial charge in [0.05, 0.1) is 23.2 Å². The third-order valence-electron chi connectivity index (χ3n) is 4.68. The van der Waals surface area contributed by atoms with Crippen LogP contribution in [0.3, 0.4) is 0 Å². The summed E-state index contributed by atoms with van der Waals surface area (Å²) in [6, 6.07) is 17.9. The third kappa shape index (κ3) is 4.16. The van der Waals surface area contributed by atoms with Gasteiger partial charge in [-0.05, 0) is 41.5 Å². The Labute approximate surface area is 176 Å². The fourth-order valence-electron chi connectivity index (χ4n) is 3.38. The number of fused-ring (bicyclic) bond motifs is 2. The second-order valence-electron chi connectivity index (χ2n) is 6.71. The van der Waals surface area contributed by atoms with E-state index in [4.69, 9.17) is 4.74 Å². The van der Waals surface area contributed by atoms with Crippen molar-refractivity contribution in [3.63, 3.8) is 0 Å². The van der Waals surface area contributed by atoms with Crippen LogP contribution in [0.15, 0.2) is 65.7 Å². The summed E-state index contributed by atoms with van der Waals surface area (Å²) in [5, 5.41) is 2.05. The third-order valence-corrected chi connectivity index (χ3v) is 5.72. The van der Waals surface area contributed by atoms with Crippen molar-refractivity contribution in [1.82, 2.24) is 4.57 Å². The number of ether oxygens (including phenoxy) is 1. The Morgan fingerprint density at radius 3 is 2.73 bits per heavy atom. The molecular weight excluding hydrogens is 403 g/mol. The van der Waals surface area contributed by atoms with Gasteiger partial charge < -0.3 is 9.30 Å². The van der Waals surface area contributed by atoms with E-state index in [1.54, 1.807) is 17.6 Å². The summed E-state index contributed by atoms with van der Waals surface area (Å²) in [4.78, 5) is 29.4. The Morgan fingerprint density at radius 1 is 1.10 bits per heavy atom. The Morgan fingerprint density at radius 2 is 1.90 bits per heavy atom. The molecule has 0 atom stereocenters. The molecule has 0 fully saturated rings. The molecule has 4 rings (SSSR count). The lowest BCUT2D eigenvalue weighted by atomic mass is 10.0. The Balaban J connectivity index is 1.73. The normalized spacial score (nSPS) is 11.9. The molecule has 0 spiro atoms. The number of esters is 1. The summed E-state index contributed by atoms with van der Waals surface area (Å²) in [6.07, 6.45) is 0.128. The van der Waals surface area contributed by atoms with E-state index in [1.165, 1.54) is 23.5 Å². The van der Waals surface area contributed by atoms with Crippen molar-refractivity contribution < 1.29 is 18.7 Å². The number of halogens is 1. The summed E-state index contributed by atoms with van der Waals surface area (Å²) in [6.45, 7) is 1.88. The summed E-state index contributed by atoms with van der Waals surface area (Å²) >= 11 is 1.17. The van der Waals surface area contributed by atoms with Crippen molar-refractivity contribution in [3.8, 4) is 0 Å². The molecule has 7 heteroatoms. The van der Waals surface area contributed by atoms with Crippen LogP contribution in [-0.2, 0) is 27.3 Å². The van der Waals surface area contributed by atoms with E-state index in [0.717, 1.165) is 16.3 Å². The molecule has 0 aliphatic carbocycles. The fraction of sp³-hybridized carbons (Fsp3) is 0.174. The first-order chi connectivity index (χ1) is 14.5. The minimum absolute atomic E-state index is 0.0974. The van der Waals surface area contributed by atoms with Gasteiger partial charge in [0.25, 0.3) is 5.91 Å². The smallest absolute Gasteiger partial charge is 0.326 e. The number of hydrogen-bond acceptors (Lipinski definition) is 4. The van der Waals surface area contributed by atoms with E-state index >= 15 is 0 Å². The number of hydrogen-bond donors (Lipinski definition) is 0. The molecule has 0 aliphatic rings. The van der Waals surface area contributed by atoms with Gasteiger partial charge in [0, 0.05) is 0 Å². The highest BCUT2D eigenvalue weighted by molar-refractivity contribution is 7.16. The summed E-state index contributed by atoms with van der Waals surface area (Å²) < 4.78 is 20.9. The average molecular weight is 422 g/mol. The molecule has 0 saturated heterocycles. The number of thiazole rings is 1. The molecule has 0 aliphatic heterocycles. The molecular formula is C23H19FN2O3S. The number of carbonyl (C=O) groups excluding carboxylic acids is 2. The Bertz CT molecular complexity index is 1320. The molecule has 1 amide bonds. The first-order valence-electron chi connectivity index (χ1n) is 9.54. The molecule has 0 unspecified atom stereocenters. The molecule has 0 saturated carbocycles. The quantitative estimate of drug-likeness (QED) is 0.452. The van der Waals surface area contributed by atoms with Crippen molar-refractivity contribution in [2.45, 2.75) is 19.9 Å². The number of carbonyl (C=O) groups is 2. The standard InChI is InChI=1S/C23H19FN2O3S/c1-2-29-22(28)14-26-19-11-10-17(24)13-20(19)30-23(26)25-21(27)12-16-8-5-7-15-6-3-4-9-18(15)16/h3-11,13H,2,12,14H2,1H3. The van der Waals surface area contributed by atoms with Gasteiger partial charge >= 0.3 is 5.97 Å². The Kier molecular flexibility index (Phi) is 5.72. The van der Waals surface area contributed by atoms with E-state index in [-0.39, 0.29) is 31.3 Å². The van der Waals surface area contributed by atoms with Crippen molar-refractivity contribution in [3.05, 3.63) is 76.8 Å². The highest BCUT2D eigenvalue weighted by atomic mass is 32.1.